The molecule has 14 heavy (non-hydrogen) atoms. The molecule has 2 heterocycles. The lowest BCUT2D eigenvalue weighted by molar-refractivity contribution is -0.317. The lowest BCUT2D eigenvalue weighted by Crippen LogP contribution is -2.69. The monoisotopic (exact) mass is 203 g/mol. The Hall–Kier alpha value is -0.690. The average molecular weight is 203 g/mol. The van der Waals surface area contributed by atoms with Gasteiger partial charge < -0.3 is 25.0 Å². The number of hydrogen-bond donors (Lipinski definition) is 3. The topological polar surface area (TPSA) is 88.0 Å². The molecule has 0 aliphatic carbocycles. The van der Waals surface area contributed by atoms with Crippen molar-refractivity contribution in [1.29, 1.82) is 0 Å². The summed E-state index contributed by atoms with van der Waals surface area (Å²) in [6.45, 7) is 1.69. The first-order chi connectivity index (χ1) is 6.59. The van der Waals surface area contributed by atoms with Crippen molar-refractivity contribution >= 4 is 5.91 Å². The predicted octanol–water partition coefficient (Wildman–Crippen LogP) is -2.03. The van der Waals surface area contributed by atoms with Crippen molar-refractivity contribution in [3.63, 3.8) is 0 Å². The molecule has 2 aliphatic rings. The van der Waals surface area contributed by atoms with Crippen LogP contribution in [0.2, 0.25) is 0 Å². The SMILES string of the molecule is CC(=O)N[C@H]1C(O)[C@H]2OCC2O[C@H]1O. The number of carbonyl (C=O) groups is 1. The van der Waals surface area contributed by atoms with Gasteiger partial charge in [-0.25, -0.2) is 0 Å². The number of aliphatic hydroxyl groups excluding tert-OH is 2. The Balaban J connectivity index is 2.03. The van der Waals surface area contributed by atoms with Crippen molar-refractivity contribution in [2.75, 3.05) is 6.61 Å². The Kier molecular flexibility index (Phi) is 2.44. The Morgan fingerprint density at radius 1 is 1.50 bits per heavy atom. The normalized spacial score (nSPS) is 46.4. The van der Waals surface area contributed by atoms with Crippen molar-refractivity contribution < 1.29 is 24.5 Å². The standard InChI is InChI=1S/C8H13NO5/c1-3(10)9-5-6(11)7-4(2-13-7)14-8(5)12/h4-8,11-12H,2H2,1H3,(H,9,10)/t4?,5-,6?,7-,8+/m0/s1. The van der Waals surface area contributed by atoms with E-state index in [-0.39, 0.29) is 12.0 Å². The van der Waals surface area contributed by atoms with Gasteiger partial charge in [0.2, 0.25) is 5.91 Å². The van der Waals surface area contributed by atoms with E-state index in [1.54, 1.807) is 0 Å². The zero-order valence-corrected chi connectivity index (χ0v) is 7.71. The Morgan fingerprint density at radius 3 is 2.71 bits per heavy atom. The van der Waals surface area contributed by atoms with Crippen molar-refractivity contribution in [2.24, 2.45) is 0 Å². The fourth-order valence-corrected chi connectivity index (χ4v) is 1.75. The molecule has 0 bridgehead atoms. The number of ether oxygens (including phenoxy) is 2. The highest BCUT2D eigenvalue weighted by atomic mass is 16.7. The Labute approximate surface area is 80.8 Å². The number of hydrogen-bond acceptors (Lipinski definition) is 5. The van der Waals surface area contributed by atoms with Crippen molar-refractivity contribution in [3.8, 4) is 0 Å². The van der Waals surface area contributed by atoms with Crippen LogP contribution in [0.3, 0.4) is 0 Å². The molecule has 2 unspecified atom stereocenters. The molecule has 0 aromatic rings. The molecule has 3 N–H and O–H groups in total. The minimum atomic E-state index is -1.17. The first kappa shape index (κ1) is 9.85. The van der Waals surface area contributed by atoms with Gasteiger partial charge in [-0.05, 0) is 0 Å². The van der Waals surface area contributed by atoms with Crippen LogP contribution in [0.1, 0.15) is 6.92 Å². The number of aliphatic hydroxyl groups is 2. The van der Waals surface area contributed by atoms with Gasteiger partial charge in [0.15, 0.2) is 6.29 Å². The number of nitrogens with one attached hydrogen (secondary N) is 1. The molecule has 0 aromatic heterocycles. The second-order valence-electron chi connectivity index (χ2n) is 3.58. The molecule has 0 saturated carbocycles. The summed E-state index contributed by atoms with van der Waals surface area (Å²) >= 11 is 0. The maximum absolute atomic E-state index is 10.8. The average Bonchev–Trinajstić information content (AvgIpc) is 2.05. The summed E-state index contributed by atoms with van der Waals surface area (Å²) < 4.78 is 10.2. The van der Waals surface area contributed by atoms with Gasteiger partial charge in [0.25, 0.3) is 0 Å². The number of amides is 1. The van der Waals surface area contributed by atoms with Crippen molar-refractivity contribution in [3.05, 3.63) is 0 Å². The third kappa shape index (κ3) is 1.50. The van der Waals surface area contributed by atoms with E-state index in [9.17, 15) is 15.0 Å². The highest BCUT2D eigenvalue weighted by Gasteiger charge is 2.50. The molecule has 2 fully saturated rings. The molecule has 0 aromatic carbocycles. The molecule has 0 spiro atoms. The van der Waals surface area contributed by atoms with Crippen LogP contribution in [-0.2, 0) is 14.3 Å². The quantitative estimate of drug-likeness (QED) is 0.457. The molecule has 6 heteroatoms. The van der Waals surface area contributed by atoms with E-state index in [1.807, 2.05) is 0 Å². The largest absolute Gasteiger partial charge is 0.388 e. The highest BCUT2D eigenvalue weighted by Crippen LogP contribution is 2.29. The summed E-state index contributed by atoms with van der Waals surface area (Å²) in [7, 11) is 0. The van der Waals surface area contributed by atoms with Gasteiger partial charge in [-0.3, -0.25) is 4.79 Å². The molecule has 1 amide bonds. The molecular weight excluding hydrogens is 190 g/mol. The van der Waals surface area contributed by atoms with Crippen LogP contribution in [0.5, 0.6) is 0 Å². The zero-order valence-electron chi connectivity index (χ0n) is 7.71. The second-order valence-corrected chi connectivity index (χ2v) is 3.58. The molecule has 0 radical (unpaired) electrons. The fourth-order valence-electron chi connectivity index (χ4n) is 1.75. The molecule has 2 aliphatic heterocycles. The lowest BCUT2D eigenvalue weighted by atomic mass is 9.93. The van der Waals surface area contributed by atoms with Crippen LogP contribution < -0.4 is 5.32 Å². The summed E-state index contributed by atoms with van der Waals surface area (Å²) in [5, 5.41) is 21.6. The van der Waals surface area contributed by atoms with Gasteiger partial charge in [0.05, 0.1) is 6.61 Å². The molecule has 6 nitrogen and oxygen atoms in total. The summed E-state index contributed by atoms with van der Waals surface area (Å²) in [5.74, 6) is -0.325. The third-order valence-corrected chi connectivity index (χ3v) is 2.52. The van der Waals surface area contributed by atoms with E-state index in [2.05, 4.69) is 5.32 Å². The first-order valence-corrected chi connectivity index (χ1v) is 4.50. The maximum atomic E-state index is 10.8. The Morgan fingerprint density at radius 2 is 2.21 bits per heavy atom. The molecular formula is C8H13NO5. The van der Waals surface area contributed by atoms with Crippen molar-refractivity contribution in [1.82, 2.24) is 5.32 Å². The second kappa shape index (κ2) is 3.47. The smallest absolute Gasteiger partial charge is 0.217 e. The van der Waals surface area contributed by atoms with Gasteiger partial charge in [-0.1, -0.05) is 0 Å². The molecule has 2 rings (SSSR count). The van der Waals surface area contributed by atoms with E-state index in [4.69, 9.17) is 9.47 Å². The Bertz CT molecular complexity index is 246. The van der Waals surface area contributed by atoms with E-state index in [0.717, 1.165) is 0 Å². The van der Waals surface area contributed by atoms with Gasteiger partial charge in [0, 0.05) is 6.92 Å². The van der Waals surface area contributed by atoms with E-state index in [1.165, 1.54) is 6.92 Å². The fraction of sp³-hybridized carbons (Fsp3) is 0.875. The van der Waals surface area contributed by atoms with Crippen molar-refractivity contribution in [2.45, 2.75) is 37.6 Å². The first-order valence-electron chi connectivity index (χ1n) is 4.50. The zero-order chi connectivity index (χ0) is 10.3. The van der Waals surface area contributed by atoms with E-state index in [0.29, 0.717) is 6.61 Å². The molecule has 5 atom stereocenters. The van der Waals surface area contributed by atoms with Crippen LogP contribution in [0, 0.1) is 0 Å². The van der Waals surface area contributed by atoms with E-state index < -0.39 is 24.5 Å². The van der Waals surface area contributed by atoms with Crippen LogP contribution in [-0.4, -0.2) is 53.4 Å². The van der Waals surface area contributed by atoms with Gasteiger partial charge >= 0.3 is 0 Å². The number of fused-ring (bicyclic) bond motifs is 1. The van der Waals surface area contributed by atoms with Crippen LogP contribution in [0.4, 0.5) is 0 Å². The predicted molar refractivity (Wildman–Crippen MR) is 44.2 cm³/mol. The summed E-state index contributed by atoms with van der Waals surface area (Å²) in [5.41, 5.74) is 0. The highest BCUT2D eigenvalue weighted by molar-refractivity contribution is 5.73. The van der Waals surface area contributed by atoms with E-state index >= 15 is 0 Å². The number of carbonyl (C=O) groups excluding carboxylic acids is 1. The molecule has 2 saturated heterocycles. The lowest BCUT2D eigenvalue weighted by Gasteiger charge is -2.48. The van der Waals surface area contributed by atoms with Gasteiger partial charge in [-0.15, -0.1) is 0 Å². The summed E-state index contributed by atoms with van der Waals surface area (Å²) in [6.07, 6.45) is -2.78. The van der Waals surface area contributed by atoms with Gasteiger partial charge in [0.1, 0.15) is 24.4 Å². The maximum Gasteiger partial charge on any atom is 0.217 e. The minimum absolute atomic E-state index is 0.259. The van der Waals surface area contributed by atoms with Crippen LogP contribution >= 0.6 is 0 Å². The molecule has 80 valence electrons. The van der Waals surface area contributed by atoms with Crippen LogP contribution in [0.25, 0.3) is 0 Å². The number of rotatable bonds is 1. The van der Waals surface area contributed by atoms with Crippen LogP contribution in [0.15, 0.2) is 0 Å². The summed E-state index contributed by atoms with van der Waals surface area (Å²) in [6, 6.07) is -0.811. The third-order valence-electron chi connectivity index (χ3n) is 2.52. The minimum Gasteiger partial charge on any atom is -0.388 e. The van der Waals surface area contributed by atoms with Gasteiger partial charge in [-0.2, -0.15) is 0 Å². The summed E-state index contributed by atoms with van der Waals surface area (Å²) in [4.78, 5) is 10.8.